The van der Waals surface area contributed by atoms with Gasteiger partial charge in [-0.25, -0.2) is 0 Å². The second kappa shape index (κ2) is 5.74. The number of carbonyl (C=O) groups is 1. The van der Waals surface area contributed by atoms with Gasteiger partial charge < -0.3 is 11.1 Å². The Morgan fingerprint density at radius 2 is 2.33 bits per heavy atom. The van der Waals surface area contributed by atoms with Crippen molar-refractivity contribution in [1.29, 1.82) is 0 Å². The first-order valence-corrected chi connectivity index (χ1v) is 6.15. The third-order valence-electron chi connectivity index (χ3n) is 2.21. The molecule has 1 heterocycles. The van der Waals surface area contributed by atoms with Crippen LogP contribution in [-0.4, -0.2) is 27.4 Å². The van der Waals surface area contributed by atoms with Crippen LogP contribution in [0.25, 0.3) is 0 Å². The normalized spacial score (nSPS) is 10.3. The molecule has 0 bridgehead atoms. The Morgan fingerprint density at radius 3 is 3.06 bits per heavy atom. The van der Waals surface area contributed by atoms with Crippen LogP contribution in [-0.2, 0) is 6.54 Å². The molecule has 0 fully saturated rings. The maximum absolute atomic E-state index is 11.9. The number of halogens is 1. The predicted octanol–water partition coefficient (Wildman–Crippen LogP) is 1.25. The number of rotatable bonds is 4. The molecule has 0 aliphatic heterocycles. The molecule has 1 aromatic carbocycles. The van der Waals surface area contributed by atoms with Gasteiger partial charge in [-0.05, 0) is 18.2 Å². The lowest BCUT2D eigenvalue weighted by molar-refractivity contribution is 0.102. The predicted molar refractivity (Wildman–Crippen MR) is 71.2 cm³/mol. The van der Waals surface area contributed by atoms with E-state index in [2.05, 4.69) is 31.6 Å². The van der Waals surface area contributed by atoms with E-state index >= 15 is 0 Å². The van der Waals surface area contributed by atoms with Crippen LogP contribution < -0.4 is 11.1 Å². The third kappa shape index (κ3) is 3.14. The zero-order valence-electron chi connectivity index (χ0n) is 9.51. The molecular formula is C11H12BrN5O. The highest BCUT2D eigenvalue weighted by atomic mass is 79.9. The molecule has 0 unspecified atom stereocenters. The van der Waals surface area contributed by atoms with E-state index in [9.17, 15) is 4.79 Å². The zero-order chi connectivity index (χ0) is 13.0. The fraction of sp³-hybridized carbons (Fsp3) is 0.182. The molecule has 7 heteroatoms. The average Bonchev–Trinajstić information content (AvgIpc) is 2.78. The van der Waals surface area contributed by atoms with Gasteiger partial charge in [0.15, 0.2) is 5.69 Å². The average molecular weight is 310 g/mol. The molecule has 1 aromatic heterocycles. The molecule has 2 rings (SSSR count). The summed E-state index contributed by atoms with van der Waals surface area (Å²) < 4.78 is 2.43. The lowest BCUT2D eigenvalue weighted by Gasteiger charge is -2.02. The number of nitrogens with two attached hydrogens (primary N) is 1. The maximum Gasteiger partial charge on any atom is 0.277 e. The van der Waals surface area contributed by atoms with Gasteiger partial charge in [-0.3, -0.25) is 9.48 Å². The summed E-state index contributed by atoms with van der Waals surface area (Å²) >= 11 is 3.34. The fourth-order valence-electron chi connectivity index (χ4n) is 1.41. The quantitative estimate of drug-likeness (QED) is 0.890. The summed E-state index contributed by atoms with van der Waals surface area (Å²) in [6, 6.07) is 7.33. The van der Waals surface area contributed by atoms with Gasteiger partial charge in [-0.2, -0.15) is 0 Å². The van der Waals surface area contributed by atoms with Gasteiger partial charge >= 0.3 is 0 Å². The van der Waals surface area contributed by atoms with E-state index in [-0.39, 0.29) is 11.6 Å². The smallest absolute Gasteiger partial charge is 0.277 e. The second-order valence-electron chi connectivity index (χ2n) is 3.62. The van der Waals surface area contributed by atoms with Crippen LogP contribution in [0.1, 0.15) is 10.5 Å². The number of carbonyl (C=O) groups excluding carboxylic acids is 1. The minimum atomic E-state index is -0.295. The lowest BCUT2D eigenvalue weighted by Crippen LogP contribution is -2.12. The molecule has 1 amide bonds. The van der Waals surface area contributed by atoms with E-state index in [4.69, 9.17) is 5.73 Å². The molecule has 0 aliphatic carbocycles. The second-order valence-corrected chi connectivity index (χ2v) is 4.54. The van der Waals surface area contributed by atoms with Gasteiger partial charge in [0.2, 0.25) is 0 Å². The Morgan fingerprint density at radius 1 is 1.50 bits per heavy atom. The van der Waals surface area contributed by atoms with Gasteiger partial charge in [-0.1, -0.05) is 27.2 Å². The van der Waals surface area contributed by atoms with Crippen molar-refractivity contribution >= 4 is 27.5 Å². The number of amides is 1. The first-order valence-electron chi connectivity index (χ1n) is 5.36. The van der Waals surface area contributed by atoms with Gasteiger partial charge in [0.25, 0.3) is 5.91 Å². The first-order chi connectivity index (χ1) is 8.69. The zero-order valence-corrected chi connectivity index (χ0v) is 11.1. The van der Waals surface area contributed by atoms with Crippen molar-refractivity contribution < 1.29 is 4.79 Å². The van der Waals surface area contributed by atoms with E-state index in [1.165, 1.54) is 4.68 Å². The van der Waals surface area contributed by atoms with Crippen molar-refractivity contribution in [1.82, 2.24) is 15.0 Å². The van der Waals surface area contributed by atoms with Crippen molar-refractivity contribution in [2.45, 2.75) is 6.54 Å². The molecule has 2 aromatic rings. The summed E-state index contributed by atoms with van der Waals surface area (Å²) in [6.45, 7) is 0.993. The molecule has 0 saturated heterocycles. The Hall–Kier alpha value is -1.73. The minimum Gasteiger partial charge on any atom is -0.329 e. The molecule has 94 valence electrons. The molecule has 0 atom stereocenters. The van der Waals surface area contributed by atoms with E-state index in [1.54, 1.807) is 12.3 Å². The summed E-state index contributed by atoms with van der Waals surface area (Å²) in [4.78, 5) is 11.9. The fourth-order valence-corrected chi connectivity index (χ4v) is 1.80. The molecule has 18 heavy (non-hydrogen) atoms. The molecule has 3 N–H and O–H groups in total. The van der Waals surface area contributed by atoms with Crippen LogP contribution >= 0.6 is 15.9 Å². The summed E-state index contributed by atoms with van der Waals surface area (Å²) in [5.74, 6) is -0.295. The highest BCUT2D eigenvalue weighted by Crippen LogP contribution is 2.16. The molecule has 0 radical (unpaired) electrons. The summed E-state index contributed by atoms with van der Waals surface area (Å²) in [6.07, 6.45) is 1.57. The van der Waals surface area contributed by atoms with Crippen molar-refractivity contribution in [3.8, 4) is 0 Å². The van der Waals surface area contributed by atoms with Crippen molar-refractivity contribution in [2.24, 2.45) is 5.73 Å². The van der Waals surface area contributed by atoms with Crippen LogP contribution in [0.5, 0.6) is 0 Å². The molecular weight excluding hydrogens is 298 g/mol. The highest BCUT2D eigenvalue weighted by molar-refractivity contribution is 9.10. The van der Waals surface area contributed by atoms with Gasteiger partial charge in [0.05, 0.1) is 12.7 Å². The summed E-state index contributed by atoms with van der Waals surface area (Å²) in [5, 5.41) is 10.3. The maximum atomic E-state index is 11.9. The van der Waals surface area contributed by atoms with E-state index in [0.29, 0.717) is 18.8 Å². The Labute approximate surface area is 112 Å². The van der Waals surface area contributed by atoms with Crippen molar-refractivity contribution in [2.75, 3.05) is 11.9 Å². The summed E-state index contributed by atoms with van der Waals surface area (Å²) in [5.41, 5.74) is 6.36. The van der Waals surface area contributed by atoms with Gasteiger partial charge in [0.1, 0.15) is 0 Å². The Bertz CT molecular complexity index is 554. The number of nitrogens with zero attached hydrogens (tertiary/aromatic N) is 3. The first kappa shape index (κ1) is 12.7. The monoisotopic (exact) mass is 309 g/mol. The number of benzene rings is 1. The molecule has 6 nitrogen and oxygen atoms in total. The Balaban J connectivity index is 2.07. The van der Waals surface area contributed by atoms with Crippen molar-refractivity contribution in [3.05, 3.63) is 40.6 Å². The van der Waals surface area contributed by atoms with Crippen LogP contribution in [0.4, 0.5) is 5.69 Å². The minimum absolute atomic E-state index is 0.267. The number of anilines is 1. The summed E-state index contributed by atoms with van der Waals surface area (Å²) in [7, 11) is 0. The van der Waals surface area contributed by atoms with Crippen LogP contribution in [0.2, 0.25) is 0 Å². The van der Waals surface area contributed by atoms with Gasteiger partial charge in [0, 0.05) is 16.7 Å². The number of nitrogens with one attached hydrogen (secondary N) is 1. The largest absolute Gasteiger partial charge is 0.329 e. The molecule has 0 aliphatic rings. The van der Waals surface area contributed by atoms with E-state index in [0.717, 1.165) is 4.47 Å². The standard InChI is InChI=1S/C11H12BrN5O/c12-8-2-1-3-9(6-8)14-11(18)10-7-17(5-4-13)16-15-10/h1-3,6-7H,4-5,13H2,(H,14,18). The van der Waals surface area contributed by atoms with Crippen LogP contribution in [0, 0.1) is 0 Å². The van der Waals surface area contributed by atoms with Crippen LogP contribution in [0.3, 0.4) is 0 Å². The lowest BCUT2D eigenvalue weighted by atomic mass is 10.3. The van der Waals surface area contributed by atoms with E-state index in [1.807, 2.05) is 18.2 Å². The topological polar surface area (TPSA) is 85.8 Å². The Kier molecular flexibility index (Phi) is 4.06. The number of hydrogen-bond donors (Lipinski definition) is 2. The highest BCUT2D eigenvalue weighted by Gasteiger charge is 2.10. The number of aromatic nitrogens is 3. The van der Waals surface area contributed by atoms with Crippen molar-refractivity contribution in [3.63, 3.8) is 0 Å². The molecule has 0 saturated carbocycles. The third-order valence-corrected chi connectivity index (χ3v) is 2.71. The number of hydrogen-bond acceptors (Lipinski definition) is 4. The van der Waals surface area contributed by atoms with E-state index < -0.39 is 0 Å². The van der Waals surface area contributed by atoms with Gasteiger partial charge in [-0.15, -0.1) is 5.10 Å². The molecule has 0 spiro atoms. The van der Waals surface area contributed by atoms with Crippen LogP contribution in [0.15, 0.2) is 34.9 Å². The SMILES string of the molecule is NCCn1cc(C(=O)Nc2cccc(Br)c2)nn1.